The van der Waals surface area contributed by atoms with Crippen LogP contribution in [-0.2, 0) is 17.9 Å². The summed E-state index contributed by atoms with van der Waals surface area (Å²) in [6.45, 7) is 8.68. The van der Waals surface area contributed by atoms with Crippen molar-refractivity contribution in [3.8, 4) is 11.8 Å². The van der Waals surface area contributed by atoms with E-state index in [-0.39, 0.29) is 17.0 Å². The average molecular weight is 551 g/mol. The Balaban J connectivity index is 1.79. The molecule has 1 atom stereocenters. The fraction of sp³-hybridized carbons (Fsp3) is 0.448. The van der Waals surface area contributed by atoms with Crippen LogP contribution in [0, 0.1) is 24.2 Å². The quantitative estimate of drug-likeness (QED) is 0.318. The van der Waals surface area contributed by atoms with Gasteiger partial charge in [-0.3, -0.25) is 19.1 Å². The lowest BCUT2D eigenvalue weighted by Crippen LogP contribution is -2.40. The van der Waals surface area contributed by atoms with Crippen molar-refractivity contribution in [2.45, 2.75) is 59.5 Å². The molecule has 0 N–H and O–H groups in total. The third-order valence-corrected chi connectivity index (χ3v) is 8.56. The Bertz CT molecular complexity index is 1360. The fourth-order valence-electron chi connectivity index (χ4n) is 5.07. The Kier molecular flexibility index (Phi) is 8.95. The Morgan fingerprint density at radius 2 is 2.00 bits per heavy atom. The van der Waals surface area contributed by atoms with Crippen LogP contribution in [0.1, 0.15) is 61.8 Å². The fourth-order valence-corrected chi connectivity index (χ4v) is 6.31. The van der Waals surface area contributed by atoms with E-state index in [9.17, 15) is 14.9 Å². The number of nitrogens with zero attached hydrogens (tertiary/aromatic N) is 4. The number of pyridine rings is 1. The number of nitriles is 1. The van der Waals surface area contributed by atoms with Crippen LogP contribution in [0.3, 0.4) is 0 Å². The van der Waals surface area contributed by atoms with E-state index in [2.05, 4.69) is 24.8 Å². The van der Waals surface area contributed by atoms with Gasteiger partial charge in [-0.15, -0.1) is 0 Å². The van der Waals surface area contributed by atoms with Gasteiger partial charge in [0.2, 0.25) is 0 Å². The van der Waals surface area contributed by atoms with Gasteiger partial charge in [0.15, 0.2) is 0 Å². The zero-order valence-corrected chi connectivity index (χ0v) is 24.1. The number of piperidine rings is 1. The normalized spacial score (nSPS) is 18.8. The predicted molar refractivity (Wildman–Crippen MR) is 157 cm³/mol. The van der Waals surface area contributed by atoms with E-state index in [4.69, 9.17) is 17.0 Å². The number of thioether (sulfide) groups is 1. The smallest absolute Gasteiger partial charge is 0.270 e. The van der Waals surface area contributed by atoms with Crippen molar-refractivity contribution >= 4 is 46.1 Å². The molecule has 1 amide bonds. The Morgan fingerprint density at radius 1 is 1.26 bits per heavy atom. The minimum atomic E-state index is -0.254. The third kappa shape index (κ3) is 5.67. The summed E-state index contributed by atoms with van der Waals surface area (Å²) in [6.07, 6.45) is 5.78. The van der Waals surface area contributed by atoms with Gasteiger partial charge in [0, 0.05) is 25.2 Å². The monoisotopic (exact) mass is 550 g/mol. The van der Waals surface area contributed by atoms with Gasteiger partial charge >= 0.3 is 0 Å². The van der Waals surface area contributed by atoms with Crippen LogP contribution in [-0.4, -0.2) is 39.9 Å². The topological polar surface area (TPSA) is 78.6 Å². The van der Waals surface area contributed by atoms with E-state index in [1.807, 2.05) is 37.3 Å². The molecule has 0 aliphatic carbocycles. The van der Waals surface area contributed by atoms with Crippen LogP contribution in [0.5, 0.6) is 5.75 Å². The van der Waals surface area contributed by atoms with Crippen molar-refractivity contribution in [3.63, 3.8) is 0 Å². The van der Waals surface area contributed by atoms with E-state index < -0.39 is 0 Å². The molecule has 2 fully saturated rings. The molecular formula is C29H34N4O3S2. The predicted octanol–water partition coefficient (Wildman–Crippen LogP) is 5.47. The molecule has 0 spiro atoms. The molecule has 1 unspecified atom stereocenters. The number of thiocarbonyl (C=S) groups is 1. The summed E-state index contributed by atoms with van der Waals surface area (Å²) in [5, 5.41) is 9.91. The maximum atomic E-state index is 13.6. The van der Waals surface area contributed by atoms with E-state index in [0.29, 0.717) is 33.8 Å². The molecule has 1 aromatic heterocycles. The van der Waals surface area contributed by atoms with Crippen molar-refractivity contribution in [1.29, 1.82) is 5.26 Å². The minimum Gasteiger partial charge on any atom is -0.497 e. The highest BCUT2D eigenvalue weighted by Gasteiger charge is 2.34. The van der Waals surface area contributed by atoms with Gasteiger partial charge in [-0.25, -0.2) is 0 Å². The summed E-state index contributed by atoms with van der Waals surface area (Å²) in [6, 6.07) is 9.70. The molecule has 0 radical (unpaired) electrons. The molecule has 4 rings (SSSR count). The number of rotatable bonds is 8. The summed E-state index contributed by atoms with van der Waals surface area (Å²) < 4.78 is 7.48. The molecule has 0 bridgehead atoms. The lowest BCUT2D eigenvalue weighted by molar-refractivity contribution is -0.122. The number of amides is 1. The molecule has 3 heterocycles. The zero-order chi connectivity index (χ0) is 27.4. The maximum Gasteiger partial charge on any atom is 0.270 e. The summed E-state index contributed by atoms with van der Waals surface area (Å²) in [5.41, 5.74) is 2.20. The lowest BCUT2D eigenvalue weighted by atomic mass is 9.98. The van der Waals surface area contributed by atoms with E-state index in [0.717, 1.165) is 61.5 Å². The summed E-state index contributed by atoms with van der Waals surface area (Å²) in [5.74, 6) is 1.88. The van der Waals surface area contributed by atoms with Crippen molar-refractivity contribution in [2.24, 2.45) is 5.92 Å². The van der Waals surface area contributed by atoms with E-state index >= 15 is 0 Å². The van der Waals surface area contributed by atoms with Gasteiger partial charge in [-0.1, -0.05) is 56.4 Å². The van der Waals surface area contributed by atoms with Gasteiger partial charge in [-0.2, -0.15) is 5.26 Å². The molecule has 0 saturated carbocycles. The maximum absolute atomic E-state index is 13.6. The van der Waals surface area contributed by atoms with Crippen LogP contribution < -0.4 is 15.2 Å². The molecule has 2 saturated heterocycles. The number of ether oxygens (including phenoxy) is 1. The number of benzene rings is 1. The van der Waals surface area contributed by atoms with Crippen molar-refractivity contribution in [3.05, 3.63) is 61.8 Å². The molecule has 200 valence electrons. The molecule has 7 nitrogen and oxygen atoms in total. The molecule has 1 aromatic carbocycles. The van der Waals surface area contributed by atoms with E-state index in [1.54, 1.807) is 16.6 Å². The van der Waals surface area contributed by atoms with Gasteiger partial charge in [-0.05, 0) is 61.4 Å². The molecule has 2 aliphatic heterocycles. The Hall–Kier alpha value is -3.09. The molecule has 2 aromatic rings. The standard InChI is InChI=1S/C29H34N4O3S2/c1-5-6-14-32-26(31-13-7-8-19(2)17-31)23(20(3)24(16-30)27(32)34)15-25-28(35)33(29(37)38-25)18-21-9-11-22(36-4)12-10-21/h9-12,15,19H,5-8,13-14,17-18H2,1-4H3/b25-15-. The minimum absolute atomic E-state index is 0.134. The summed E-state index contributed by atoms with van der Waals surface area (Å²) in [7, 11) is 1.62. The van der Waals surface area contributed by atoms with Crippen LogP contribution in [0.4, 0.5) is 5.82 Å². The zero-order valence-electron chi connectivity index (χ0n) is 22.5. The first-order chi connectivity index (χ1) is 18.3. The number of hydrogen-bond acceptors (Lipinski definition) is 7. The first kappa shape index (κ1) is 27.9. The number of hydrogen-bond donors (Lipinski definition) is 0. The summed E-state index contributed by atoms with van der Waals surface area (Å²) in [4.78, 5) is 31.4. The average Bonchev–Trinajstić information content (AvgIpc) is 3.17. The number of carbonyl (C=O) groups is 1. The highest BCUT2D eigenvalue weighted by atomic mass is 32.2. The van der Waals surface area contributed by atoms with E-state index in [1.165, 1.54) is 11.8 Å². The van der Waals surface area contributed by atoms with Crippen LogP contribution >= 0.6 is 24.0 Å². The van der Waals surface area contributed by atoms with Crippen molar-refractivity contribution in [2.75, 3.05) is 25.1 Å². The number of anilines is 1. The number of methoxy groups -OCH3 is 1. The molecule has 38 heavy (non-hydrogen) atoms. The van der Waals surface area contributed by atoms with Crippen molar-refractivity contribution < 1.29 is 9.53 Å². The number of unbranched alkanes of at least 4 members (excludes halogenated alkanes) is 1. The third-order valence-electron chi connectivity index (χ3n) is 7.19. The Labute approximate surface area is 234 Å². The second kappa shape index (κ2) is 12.2. The van der Waals surface area contributed by atoms with Crippen molar-refractivity contribution in [1.82, 2.24) is 9.47 Å². The molecule has 2 aliphatic rings. The highest BCUT2D eigenvalue weighted by Crippen LogP contribution is 2.37. The summed E-state index contributed by atoms with van der Waals surface area (Å²) >= 11 is 6.87. The van der Waals surface area contributed by atoms with Gasteiger partial charge in [0.1, 0.15) is 27.5 Å². The number of carbonyl (C=O) groups excluding carboxylic acids is 1. The van der Waals surface area contributed by atoms with Crippen LogP contribution in [0.15, 0.2) is 34.0 Å². The Morgan fingerprint density at radius 3 is 2.63 bits per heavy atom. The molecule has 9 heteroatoms. The molecular weight excluding hydrogens is 516 g/mol. The largest absolute Gasteiger partial charge is 0.497 e. The van der Waals surface area contributed by atoms with Gasteiger partial charge in [0.25, 0.3) is 11.5 Å². The van der Waals surface area contributed by atoms with Gasteiger partial charge < -0.3 is 9.64 Å². The lowest BCUT2D eigenvalue weighted by Gasteiger charge is -2.36. The SMILES string of the molecule is CCCCn1c(N2CCCC(C)C2)c(/C=C2\SC(=S)N(Cc3ccc(OC)cc3)C2=O)c(C)c(C#N)c1=O. The second-order valence-electron chi connectivity index (χ2n) is 9.97. The second-order valence-corrected chi connectivity index (χ2v) is 11.6. The van der Waals surface area contributed by atoms with Crippen LogP contribution in [0.25, 0.3) is 6.08 Å². The highest BCUT2D eigenvalue weighted by molar-refractivity contribution is 8.26. The first-order valence-electron chi connectivity index (χ1n) is 13.1. The van der Waals surface area contributed by atoms with Gasteiger partial charge in [0.05, 0.1) is 18.6 Å². The number of aromatic nitrogens is 1. The van der Waals surface area contributed by atoms with Crippen LogP contribution in [0.2, 0.25) is 0 Å². The first-order valence-corrected chi connectivity index (χ1v) is 14.3.